The molecule has 0 N–H and O–H groups in total. The Morgan fingerprint density at radius 3 is 2.95 bits per heavy atom. The maximum absolute atomic E-state index is 12.0. The zero-order valence-corrected chi connectivity index (χ0v) is 11.4. The van der Waals surface area contributed by atoms with Gasteiger partial charge in [-0.25, -0.2) is 4.79 Å². The van der Waals surface area contributed by atoms with E-state index in [4.69, 9.17) is 14.2 Å². The van der Waals surface area contributed by atoms with E-state index in [1.165, 1.54) is 0 Å². The summed E-state index contributed by atoms with van der Waals surface area (Å²) in [6.45, 7) is 4.42. The highest BCUT2D eigenvalue weighted by molar-refractivity contribution is 5.91. The van der Waals surface area contributed by atoms with Crippen molar-refractivity contribution in [2.24, 2.45) is 0 Å². The normalized spacial score (nSPS) is 18.2. The van der Waals surface area contributed by atoms with Gasteiger partial charge < -0.3 is 14.2 Å². The van der Waals surface area contributed by atoms with Crippen LogP contribution in [-0.4, -0.2) is 26.3 Å². The van der Waals surface area contributed by atoms with Crippen LogP contribution in [0.25, 0.3) is 0 Å². The number of benzene rings is 1. The van der Waals surface area contributed by atoms with Gasteiger partial charge in [-0.3, -0.25) is 0 Å². The number of carbonyl (C=O) groups is 1. The summed E-state index contributed by atoms with van der Waals surface area (Å²) in [5, 5.41) is 0. The summed E-state index contributed by atoms with van der Waals surface area (Å²) in [6, 6.07) is 7.67. The molecule has 102 valence electrons. The Morgan fingerprint density at radius 1 is 1.47 bits per heavy atom. The van der Waals surface area contributed by atoms with Crippen LogP contribution in [-0.2, 0) is 14.3 Å². The minimum atomic E-state index is -0.301. The molecule has 4 heteroatoms. The lowest BCUT2D eigenvalue weighted by molar-refractivity contribution is -0.138. The van der Waals surface area contributed by atoms with Crippen molar-refractivity contribution in [1.29, 1.82) is 0 Å². The summed E-state index contributed by atoms with van der Waals surface area (Å²) in [5.74, 6) is 1.02. The molecule has 4 nitrogen and oxygen atoms in total. The highest BCUT2D eigenvalue weighted by Crippen LogP contribution is 2.35. The Hall–Kier alpha value is -1.97. The fourth-order valence-corrected chi connectivity index (χ4v) is 2.23. The quantitative estimate of drug-likeness (QED) is 0.782. The van der Waals surface area contributed by atoms with Crippen LogP contribution < -0.4 is 4.74 Å². The van der Waals surface area contributed by atoms with Crippen molar-refractivity contribution < 1.29 is 19.0 Å². The van der Waals surface area contributed by atoms with E-state index in [0.29, 0.717) is 24.5 Å². The second kappa shape index (κ2) is 5.78. The third kappa shape index (κ3) is 2.72. The number of rotatable bonds is 4. The maximum atomic E-state index is 12.0. The highest BCUT2D eigenvalue weighted by atomic mass is 16.5. The second-order valence-corrected chi connectivity index (χ2v) is 4.33. The van der Waals surface area contributed by atoms with Crippen LogP contribution in [0.15, 0.2) is 35.6 Å². The molecule has 1 unspecified atom stereocenters. The van der Waals surface area contributed by atoms with Gasteiger partial charge in [0.15, 0.2) is 0 Å². The van der Waals surface area contributed by atoms with Crippen molar-refractivity contribution >= 4 is 5.97 Å². The number of methoxy groups -OCH3 is 1. The third-order valence-corrected chi connectivity index (χ3v) is 3.19. The van der Waals surface area contributed by atoms with Gasteiger partial charge in [0, 0.05) is 0 Å². The molecule has 0 fully saturated rings. The second-order valence-electron chi connectivity index (χ2n) is 4.33. The molecule has 0 radical (unpaired) electrons. The molecule has 0 amide bonds. The molecule has 19 heavy (non-hydrogen) atoms. The maximum Gasteiger partial charge on any atom is 0.338 e. The summed E-state index contributed by atoms with van der Waals surface area (Å²) in [4.78, 5) is 12.0. The Balaban J connectivity index is 2.31. The number of hydrogen-bond donors (Lipinski definition) is 0. The van der Waals surface area contributed by atoms with Gasteiger partial charge in [0.05, 0.1) is 31.8 Å². The van der Waals surface area contributed by atoms with Gasteiger partial charge in [-0.15, -0.1) is 0 Å². The van der Waals surface area contributed by atoms with Crippen LogP contribution in [0.5, 0.6) is 5.75 Å². The fraction of sp³-hybridized carbons (Fsp3) is 0.400. The van der Waals surface area contributed by atoms with Crippen molar-refractivity contribution in [3.8, 4) is 5.75 Å². The lowest BCUT2D eigenvalue weighted by Gasteiger charge is -2.13. The van der Waals surface area contributed by atoms with E-state index >= 15 is 0 Å². The van der Waals surface area contributed by atoms with Crippen molar-refractivity contribution in [3.63, 3.8) is 0 Å². The lowest BCUT2D eigenvalue weighted by atomic mass is 9.92. The van der Waals surface area contributed by atoms with Crippen LogP contribution in [0.1, 0.15) is 25.3 Å². The summed E-state index contributed by atoms with van der Waals surface area (Å²) < 4.78 is 15.8. The van der Waals surface area contributed by atoms with Crippen LogP contribution in [0.3, 0.4) is 0 Å². The van der Waals surface area contributed by atoms with Crippen LogP contribution >= 0.6 is 0 Å². The average molecular weight is 262 g/mol. The summed E-state index contributed by atoms with van der Waals surface area (Å²) in [5.41, 5.74) is 1.61. The Morgan fingerprint density at radius 2 is 2.26 bits per heavy atom. The molecule has 1 aromatic carbocycles. The Bertz CT molecular complexity index is 505. The molecule has 1 aliphatic rings. The summed E-state index contributed by atoms with van der Waals surface area (Å²) in [7, 11) is 1.62. The van der Waals surface area contributed by atoms with E-state index in [1.807, 2.05) is 24.3 Å². The standard InChI is InChI=1S/C15H18O4/c1-4-18-15(16)14-10(2)19-9-13(14)11-6-5-7-12(8-11)17-3/h5-8,13H,4,9H2,1-3H3. The first kappa shape index (κ1) is 13.5. The Kier molecular flexibility index (Phi) is 4.10. The molecule has 0 saturated carbocycles. The average Bonchev–Trinajstić information content (AvgIpc) is 2.81. The van der Waals surface area contributed by atoms with Gasteiger partial charge in [-0.1, -0.05) is 12.1 Å². The number of hydrogen-bond acceptors (Lipinski definition) is 4. The third-order valence-electron chi connectivity index (χ3n) is 3.19. The van der Waals surface area contributed by atoms with Gasteiger partial charge >= 0.3 is 5.97 Å². The van der Waals surface area contributed by atoms with Gasteiger partial charge in [-0.05, 0) is 31.5 Å². The molecule has 0 spiro atoms. The lowest BCUT2D eigenvalue weighted by Crippen LogP contribution is -2.14. The van der Waals surface area contributed by atoms with E-state index in [9.17, 15) is 4.79 Å². The van der Waals surface area contributed by atoms with Crippen LogP contribution in [0.4, 0.5) is 0 Å². The van der Waals surface area contributed by atoms with E-state index in [-0.39, 0.29) is 11.9 Å². The molecular formula is C15H18O4. The SMILES string of the molecule is CCOC(=O)C1=C(C)OCC1c1cccc(OC)c1. The summed E-state index contributed by atoms with van der Waals surface area (Å²) >= 11 is 0. The smallest absolute Gasteiger partial charge is 0.338 e. The Labute approximate surface area is 113 Å². The molecule has 1 heterocycles. The zero-order chi connectivity index (χ0) is 13.8. The molecule has 1 aliphatic heterocycles. The topological polar surface area (TPSA) is 44.8 Å². The number of carbonyl (C=O) groups excluding carboxylic acids is 1. The zero-order valence-electron chi connectivity index (χ0n) is 11.4. The van der Waals surface area contributed by atoms with E-state index in [2.05, 4.69) is 0 Å². The number of allylic oxidation sites excluding steroid dienone is 1. The first-order valence-corrected chi connectivity index (χ1v) is 6.32. The minimum absolute atomic E-state index is 0.0888. The predicted molar refractivity (Wildman–Crippen MR) is 71.0 cm³/mol. The first-order chi connectivity index (χ1) is 9.17. The van der Waals surface area contributed by atoms with Gasteiger partial charge in [0.1, 0.15) is 11.5 Å². The molecule has 0 aliphatic carbocycles. The monoisotopic (exact) mass is 262 g/mol. The number of ether oxygens (including phenoxy) is 3. The molecule has 1 atom stereocenters. The molecule has 0 aromatic heterocycles. The van der Waals surface area contributed by atoms with E-state index in [1.54, 1.807) is 21.0 Å². The van der Waals surface area contributed by atoms with Crippen molar-refractivity contribution in [3.05, 3.63) is 41.2 Å². The van der Waals surface area contributed by atoms with Gasteiger partial charge in [0.25, 0.3) is 0 Å². The van der Waals surface area contributed by atoms with Crippen LogP contribution in [0.2, 0.25) is 0 Å². The van der Waals surface area contributed by atoms with Crippen molar-refractivity contribution in [2.75, 3.05) is 20.3 Å². The highest BCUT2D eigenvalue weighted by Gasteiger charge is 2.32. The largest absolute Gasteiger partial charge is 0.497 e. The molecule has 1 aromatic rings. The van der Waals surface area contributed by atoms with E-state index in [0.717, 1.165) is 11.3 Å². The van der Waals surface area contributed by atoms with Gasteiger partial charge in [0.2, 0.25) is 0 Å². The summed E-state index contributed by atoms with van der Waals surface area (Å²) in [6.07, 6.45) is 0. The van der Waals surface area contributed by atoms with E-state index < -0.39 is 0 Å². The fourth-order valence-electron chi connectivity index (χ4n) is 2.23. The molecule has 0 saturated heterocycles. The first-order valence-electron chi connectivity index (χ1n) is 6.32. The molecule has 0 bridgehead atoms. The van der Waals surface area contributed by atoms with Crippen molar-refractivity contribution in [2.45, 2.75) is 19.8 Å². The molecular weight excluding hydrogens is 244 g/mol. The molecule has 2 rings (SSSR count). The minimum Gasteiger partial charge on any atom is -0.497 e. The van der Waals surface area contributed by atoms with Crippen molar-refractivity contribution in [1.82, 2.24) is 0 Å². The predicted octanol–water partition coefficient (Wildman–Crippen LogP) is 2.65. The van der Waals surface area contributed by atoms with Crippen LogP contribution in [0, 0.1) is 0 Å². The van der Waals surface area contributed by atoms with Gasteiger partial charge in [-0.2, -0.15) is 0 Å². The number of esters is 1.